The number of carboxylic acid groups (broad SMARTS) is 1. The molecule has 0 bridgehead atoms. The van der Waals surface area contributed by atoms with Gasteiger partial charge in [-0.2, -0.15) is 0 Å². The number of nitrogens with zero attached hydrogens (tertiary/aromatic N) is 1. The zero-order chi connectivity index (χ0) is 21.5. The molecule has 0 radical (unpaired) electrons. The van der Waals surface area contributed by atoms with Crippen LogP contribution in [0.1, 0.15) is 18.5 Å². The summed E-state index contributed by atoms with van der Waals surface area (Å²) in [6, 6.07) is 4.17. The Labute approximate surface area is 171 Å². The van der Waals surface area contributed by atoms with Crippen LogP contribution in [0.15, 0.2) is 36.0 Å². The largest absolute Gasteiger partial charge is 0.478 e. The number of nitrogens with two attached hydrogens (primary N) is 1. The van der Waals surface area contributed by atoms with Crippen molar-refractivity contribution < 1.29 is 27.9 Å². The van der Waals surface area contributed by atoms with Gasteiger partial charge in [-0.05, 0) is 24.6 Å². The molecule has 1 fully saturated rings. The van der Waals surface area contributed by atoms with Crippen LogP contribution in [0.25, 0.3) is 0 Å². The Morgan fingerprint density at radius 3 is 2.66 bits per heavy atom. The van der Waals surface area contributed by atoms with Crippen LogP contribution in [-0.2, 0) is 24.4 Å². The molecule has 5 N–H and O–H groups in total. The minimum absolute atomic E-state index is 0.122. The van der Waals surface area contributed by atoms with E-state index in [1.807, 2.05) is 0 Å². The van der Waals surface area contributed by atoms with Crippen LogP contribution < -0.4 is 15.8 Å². The van der Waals surface area contributed by atoms with Gasteiger partial charge in [0.05, 0.1) is 11.8 Å². The molecule has 1 aromatic carbocycles. The van der Waals surface area contributed by atoms with Crippen molar-refractivity contribution in [2.24, 2.45) is 5.73 Å². The van der Waals surface area contributed by atoms with Gasteiger partial charge in [0.1, 0.15) is 17.5 Å². The predicted molar refractivity (Wildman–Crippen MR) is 107 cm³/mol. The van der Waals surface area contributed by atoms with Crippen molar-refractivity contribution in [3.8, 4) is 0 Å². The van der Waals surface area contributed by atoms with Crippen molar-refractivity contribution in [3.63, 3.8) is 0 Å². The van der Waals surface area contributed by atoms with Crippen LogP contribution in [-0.4, -0.2) is 59.1 Å². The van der Waals surface area contributed by atoms with E-state index in [1.165, 1.54) is 35.0 Å². The number of hydrogen-bond donors (Lipinski definition) is 4. The molecule has 3 unspecified atom stereocenters. The maximum atomic E-state index is 12.6. The summed E-state index contributed by atoms with van der Waals surface area (Å²) in [4.78, 5) is 37.4. The Bertz CT molecular complexity index is 1010. The summed E-state index contributed by atoms with van der Waals surface area (Å²) in [7, 11) is -3.48. The number of anilines is 1. The number of fused-ring (bicyclic) bond motifs is 1. The summed E-state index contributed by atoms with van der Waals surface area (Å²) in [6.07, 6.45) is 2.31. The molecular weight excluding hydrogens is 420 g/mol. The van der Waals surface area contributed by atoms with Gasteiger partial charge in [-0.25, -0.2) is 13.2 Å². The van der Waals surface area contributed by atoms with Crippen molar-refractivity contribution in [1.82, 2.24) is 10.2 Å². The summed E-state index contributed by atoms with van der Waals surface area (Å²) < 4.78 is 25.0. The number of benzene rings is 1. The summed E-state index contributed by atoms with van der Waals surface area (Å²) in [5, 5.41) is 11.0. The normalized spacial score (nSPS) is 24.7. The lowest BCUT2D eigenvalue weighted by molar-refractivity contribution is -0.145. The molecule has 12 heteroatoms. The number of carbonyl (C=O) groups excluding carboxylic acids is 2. The average Bonchev–Trinajstić information content (AvgIpc) is 2.63. The SMILES string of the molecule is CC1S[C@@H]2C(NC(=O)C(N)c3cccc(NS(C)(=O)=O)c3)C(=O)N2C=C1C(=O)O. The van der Waals surface area contributed by atoms with Gasteiger partial charge in [-0.3, -0.25) is 14.3 Å². The van der Waals surface area contributed by atoms with E-state index in [0.717, 1.165) is 6.26 Å². The fourth-order valence-electron chi connectivity index (χ4n) is 3.07. The molecule has 10 nitrogen and oxygen atoms in total. The van der Waals surface area contributed by atoms with E-state index >= 15 is 0 Å². The fraction of sp³-hybridized carbons (Fsp3) is 0.353. The summed E-state index contributed by atoms with van der Waals surface area (Å²) in [6.45, 7) is 1.72. The zero-order valence-corrected chi connectivity index (χ0v) is 17.2. The smallest absolute Gasteiger partial charge is 0.334 e. The number of carbonyl (C=O) groups is 3. The molecule has 1 saturated heterocycles. The Morgan fingerprint density at radius 1 is 1.34 bits per heavy atom. The lowest BCUT2D eigenvalue weighted by Crippen LogP contribution is -2.69. The van der Waals surface area contributed by atoms with E-state index in [1.54, 1.807) is 19.1 Å². The Hall–Kier alpha value is -2.57. The first kappa shape index (κ1) is 21.1. The van der Waals surface area contributed by atoms with E-state index < -0.39 is 45.3 Å². The molecular formula is C17H20N4O6S2. The number of amides is 2. The van der Waals surface area contributed by atoms with Crippen LogP contribution >= 0.6 is 11.8 Å². The van der Waals surface area contributed by atoms with Gasteiger partial charge in [-0.15, -0.1) is 11.8 Å². The van der Waals surface area contributed by atoms with Crippen molar-refractivity contribution in [1.29, 1.82) is 0 Å². The second-order valence-electron chi connectivity index (χ2n) is 6.77. The van der Waals surface area contributed by atoms with Gasteiger partial charge in [0.15, 0.2) is 0 Å². The first-order valence-electron chi connectivity index (χ1n) is 8.54. The number of rotatable bonds is 6. The van der Waals surface area contributed by atoms with Crippen molar-refractivity contribution in [3.05, 3.63) is 41.6 Å². The van der Waals surface area contributed by atoms with Crippen LogP contribution in [0, 0.1) is 0 Å². The van der Waals surface area contributed by atoms with E-state index in [4.69, 9.17) is 5.73 Å². The first-order valence-corrected chi connectivity index (χ1v) is 11.4. The number of aliphatic carboxylic acids is 1. The quantitative estimate of drug-likeness (QED) is 0.443. The lowest BCUT2D eigenvalue weighted by Gasteiger charge is -2.48. The van der Waals surface area contributed by atoms with E-state index in [9.17, 15) is 27.9 Å². The maximum Gasteiger partial charge on any atom is 0.334 e. The summed E-state index contributed by atoms with van der Waals surface area (Å²) >= 11 is 1.27. The molecule has 29 heavy (non-hydrogen) atoms. The Morgan fingerprint density at radius 2 is 2.03 bits per heavy atom. The average molecular weight is 441 g/mol. The molecule has 2 aliphatic heterocycles. The monoisotopic (exact) mass is 440 g/mol. The highest BCUT2D eigenvalue weighted by atomic mass is 32.2. The standard InChI is InChI=1S/C17H20N4O6S2/c1-8-11(17(24)25)7-21-15(23)13(16(21)28-8)19-14(22)12(18)9-4-3-5-10(6-9)20-29(2,26)27/h3-8,12-13,16,20H,18H2,1-2H3,(H,19,22)(H,24,25)/t8?,12?,13?,16-/m1/s1. The molecule has 2 aliphatic rings. The molecule has 0 spiro atoms. The van der Waals surface area contributed by atoms with Crippen LogP contribution in [0.3, 0.4) is 0 Å². The molecule has 4 atom stereocenters. The highest BCUT2D eigenvalue weighted by Crippen LogP contribution is 2.40. The molecule has 0 aliphatic carbocycles. The molecule has 156 valence electrons. The van der Waals surface area contributed by atoms with Gasteiger partial charge < -0.3 is 21.1 Å². The van der Waals surface area contributed by atoms with Gasteiger partial charge >= 0.3 is 5.97 Å². The minimum Gasteiger partial charge on any atom is -0.478 e. The van der Waals surface area contributed by atoms with Gasteiger partial charge in [-0.1, -0.05) is 12.1 Å². The molecule has 0 aromatic heterocycles. The zero-order valence-electron chi connectivity index (χ0n) is 15.5. The lowest BCUT2D eigenvalue weighted by atomic mass is 10.0. The third kappa shape index (κ3) is 4.38. The highest BCUT2D eigenvalue weighted by Gasteiger charge is 2.51. The van der Waals surface area contributed by atoms with Crippen LogP contribution in [0.2, 0.25) is 0 Å². The number of hydrogen-bond acceptors (Lipinski definition) is 7. The number of nitrogens with one attached hydrogen (secondary N) is 2. The number of carboxylic acids is 1. The van der Waals surface area contributed by atoms with Gasteiger partial charge in [0, 0.05) is 17.1 Å². The predicted octanol–water partition coefficient (Wildman–Crippen LogP) is -0.185. The van der Waals surface area contributed by atoms with Gasteiger partial charge in [0.2, 0.25) is 15.9 Å². The topological polar surface area (TPSA) is 159 Å². The van der Waals surface area contributed by atoms with Crippen molar-refractivity contribution >= 4 is 45.3 Å². The van der Waals surface area contributed by atoms with Crippen molar-refractivity contribution in [2.75, 3.05) is 11.0 Å². The molecule has 2 amide bonds. The van der Waals surface area contributed by atoms with Crippen molar-refractivity contribution in [2.45, 2.75) is 29.6 Å². The second kappa shape index (κ2) is 7.69. The van der Waals surface area contributed by atoms with E-state index in [2.05, 4.69) is 10.0 Å². The van der Waals surface area contributed by atoms with Crippen LogP contribution in [0.4, 0.5) is 5.69 Å². The maximum absolute atomic E-state index is 12.6. The molecule has 2 heterocycles. The third-order valence-corrected chi connectivity index (χ3v) is 6.56. The Balaban J connectivity index is 1.69. The second-order valence-corrected chi connectivity index (χ2v) is 9.98. The van der Waals surface area contributed by atoms with E-state index in [-0.39, 0.29) is 16.5 Å². The first-order chi connectivity index (χ1) is 13.5. The summed E-state index contributed by atoms with van der Waals surface area (Å²) in [5.74, 6) is -2.10. The number of β-lactam (4-membered cyclic amide) rings is 1. The number of sulfonamides is 1. The summed E-state index contributed by atoms with van der Waals surface area (Å²) in [5.41, 5.74) is 6.75. The minimum atomic E-state index is -3.48. The number of thioether (sulfide) groups is 1. The Kier molecular flexibility index (Phi) is 5.61. The van der Waals surface area contributed by atoms with Crippen LogP contribution in [0.5, 0.6) is 0 Å². The third-order valence-electron chi connectivity index (χ3n) is 4.52. The van der Waals surface area contributed by atoms with E-state index in [0.29, 0.717) is 5.56 Å². The highest BCUT2D eigenvalue weighted by molar-refractivity contribution is 8.00. The van der Waals surface area contributed by atoms with Gasteiger partial charge in [0.25, 0.3) is 5.91 Å². The molecule has 0 saturated carbocycles. The molecule has 3 rings (SSSR count). The molecule has 1 aromatic rings. The fourth-order valence-corrected chi connectivity index (χ4v) is 4.99.